The number of hydrogen-bond acceptors (Lipinski definition) is 5. The van der Waals surface area contributed by atoms with Gasteiger partial charge in [-0.2, -0.15) is 0 Å². The Morgan fingerprint density at radius 1 is 1.43 bits per heavy atom. The third kappa shape index (κ3) is 3.36. The van der Waals surface area contributed by atoms with E-state index in [2.05, 4.69) is 0 Å². The van der Waals surface area contributed by atoms with Gasteiger partial charge in [0.25, 0.3) is 0 Å². The lowest BCUT2D eigenvalue weighted by atomic mass is 10.1. The van der Waals surface area contributed by atoms with Gasteiger partial charge in [-0.3, -0.25) is 9.59 Å². The maximum atomic E-state index is 12.1. The van der Waals surface area contributed by atoms with Gasteiger partial charge in [0.1, 0.15) is 5.75 Å². The Bertz CT molecular complexity index is 601. The fourth-order valence-corrected chi connectivity index (χ4v) is 3.19. The number of carbonyl (C=O) groups is 3. The highest BCUT2D eigenvalue weighted by molar-refractivity contribution is 8.14. The quantitative estimate of drug-likeness (QED) is 0.912. The minimum atomic E-state index is -1.13. The van der Waals surface area contributed by atoms with E-state index >= 15 is 0 Å². The smallest absolute Gasteiger partial charge is 0.337 e. The first-order valence-corrected chi connectivity index (χ1v) is 7.19. The zero-order chi connectivity index (χ0) is 15.6. The van der Waals surface area contributed by atoms with Crippen LogP contribution in [-0.4, -0.2) is 41.0 Å². The molecule has 0 spiro atoms. The summed E-state index contributed by atoms with van der Waals surface area (Å²) in [4.78, 5) is 36.0. The lowest BCUT2D eigenvalue weighted by Crippen LogP contribution is -2.27. The molecule has 21 heavy (non-hydrogen) atoms. The maximum absolute atomic E-state index is 12.1. The van der Waals surface area contributed by atoms with Crippen molar-refractivity contribution in [1.29, 1.82) is 0 Å². The minimum Gasteiger partial charge on any atom is -0.497 e. The van der Waals surface area contributed by atoms with Gasteiger partial charge in [-0.15, -0.1) is 0 Å². The number of carboxylic acids is 1. The van der Waals surface area contributed by atoms with E-state index in [1.54, 1.807) is 12.1 Å². The predicted molar refractivity (Wildman–Crippen MR) is 79.0 cm³/mol. The molecular weight excluding hydrogens is 294 g/mol. The lowest BCUT2D eigenvalue weighted by molar-refractivity contribution is -0.117. The summed E-state index contributed by atoms with van der Waals surface area (Å²) in [5.41, 5.74) is 0.344. The van der Waals surface area contributed by atoms with Crippen LogP contribution in [0.15, 0.2) is 18.2 Å². The van der Waals surface area contributed by atoms with Crippen molar-refractivity contribution in [2.75, 3.05) is 18.6 Å². The molecule has 2 rings (SSSR count). The van der Waals surface area contributed by atoms with E-state index in [-0.39, 0.29) is 28.3 Å². The zero-order valence-electron chi connectivity index (χ0n) is 11.7. The molecule has 0 aliphatic carbocycles. The molecule has 1 aliphatic heterocycles. The third-order valence-corrected chi connectivity index (χ3v) is 4.13. The second-order valence-electron chi connectivity index (χ2n) is 4.63. The van der Waals surface area contributed by atoms with E-state index in [1.807, 2.05) is 0 Å². The number of nitrogens with zero attached hydrogens (tertiary/aromatic N) is 1. The van der Waals surface area contributed by atoms with E-state index in [0.29, 0.717) is 18.0 Å². The highest BCUT2D eigenvalue weighted by atomic mass is 32.2. The van der Waals surface area contributed by atoms with Gasteiger partial charge in [-0.05, 0) is 18.2 Å². The molecule has 1 atom stereocenters. The molecule has 6 nitrogen and oxygen atoms in total. The monoisotopic (exact) mass is 309 g/mol. The van der Waals surface area contributed by atoms with Crippen LogP contribution in [0.5, 0.6) is 5.75 Å². The van der Waals surface area contributed by atoms with Crippen molar-refractivity contribution >= 4 is 34.4 Å². The van der Waals surface area contributed by atoms with Gasteiger partial charge in [0.2, 0.25) is 5.91 Å². The summed E-state index contributed by atoms with van der Waals surface area (Å²) < 4.78 is 5.01. The number of anilines is 1. The van der Waals surface area contributed by atoms with Crippen LogP contribution < -0.4 is 9.64 Å². The van der Waals surface area contributed by atoms with Crippen molar-refractivity contribution in [3.63, 3.8) is 0 Å². The second-order valence-corrected chi connectivity index (χ2v) is 6.11. The summed E-state index contributed by atoms with van der Waals surface area (Å²) in [7, 11) is 1.45. The first-order chi connectivity index (χ1) is 9.92. The number of methoxy groups -OCH3 is 1. The van der Waals surface area contributed by atoms with Gasteiger partial charge in [-0.25, -0.2) is 4.79 Å². The summed E-state index contributed by atoms with van der Waals surface area (Å²) in [5.74, 6) is -0.891. The first-order valence-electron chi connectivity index (χ1n) is 6.31. The SMILES string of the molecule is COc1ccc(N2CC(SC(C)=O)CC2=O)c(C(=O)O)c1. The lowest BCUT2D eigenvalue weighted by Gasteiger charge is -2.19. The van der Waals surface area contributed by atoms with E-state index < -0.39 is 5.97 Å². The Kier molecular flexibility index (Phi) is 4.52. The Hall–Kier alpha value is -2.02. The second kappa shape index (κ2) is 6.17. The number of amides is 1. The number of aromatic carboxylic acids is 1. The maximum Gasteiger partial charge on any atom is 0.337 e. The zero-order valence-corrected chi connectivity index (χ0v) is 12.5. The first kappa shape index (κ1) is 15.4. The summed E-state index contributed by atoms with van der Waals surface area (Å²) in [6.07, 6.45) is 0.231. The average Bonchev–Trinajstić information content (AvgIpc) is 2.77. The Labute approximate surface area is 126 Å². The molecule has 1 saturated heterocycles. The molecule has 1 amide bonds. The number of ether oxygens (including phenoxy) is 1. The van der Waals surface area contributed by atoms with Crippen LogP contribution in [0.25, 0.3) is 0 Å². The van der Waals surface area contributed by atoms with Crippen LogP contribution in [0.2, 0.25) is 0 Å². The van der Waals surface area contributed by atoms with Gasteiger partial charge in [0, 0.05) is 25.1 Å². The Morgan fingerprint density at radius 2 is 2.14 bits per heavy atom. The molecule has 0 bridgehead atoms. The number of hydrogen-bond donors (Lipinski definition) is 1. The highest BCUT2D eigenvalue weighted by Gasteiger charge is 2.33. The van der Waals surface area contributed by atoms with Crippen LogP contribution in [0.3, 0.4) is 0 Å². The van der Waals surface area contributed by atoms with Crippen LogP contribution in [0.1, 0.15) is 23.7 Å². The molecule has 1 aliphatic rings. The summed E-state index contributed by atoms with van der Waals surface area (Å²) >= 11 is 1.11. The minimum absolute atomic E-state index is 0.0103. The largest absolute Gasteiger partial charge is 0.497 e. The van der Waals surface area contributed by atoms with Gasteiger partial charge >= 0.3 is 5.97 Å². The normalized spacial score (nSPS) is 17.9. The van der Waals surface area contributed by atoms with Crippen LogP contribution in [0, 0.1) is 0 Å². The summed E-state index contributed by atoms with van der Waals surface area (Å²) in [5, 5.41) is 9.10. The summed E-state index contributed by atoms with van der Waals surface area (Å²) in [6, 6.07) is 4.55. The van der Waals surface area contributed by atoms with Crippen molar-refractivity contribution in [2.45, 2.75) is 18.6 Å². The molecule has 0 aromatic heterocycles. The molecule has 112 valence electrons. The fraction of sp³-hybridized carbons (Fsp3) is 0.357. The van der Waals surface area contributed by atoms with Gasteiger partial charge < -0.3 is 14.7 Å². The van der Waals surface area contributed by atoms with Crippen molar-refractivity contribution in [3.8, 4) is 5.75 Å². The van der Waals surface area contributed by atoms with Gasteiger partial charge in [-0.1, -0.05) is 11.8 Å². The molecule has 7 heteroatoms. The molecule has 0 saturated carbocycles. The van der Waals surface area contributed by atoms with Crippen LogP contribution in [0.4, 0.5) is 5.69 Å². The average molecular weight is 309 g/mol. The fourth-order valence-electron chi connectivity index (χ4n) is 2.27. The van der Waals surface area contributed by atoms with Gasteiger partial charge in [0.15, 0.2) is 5.12 Å². The number of carboxylic acid groups (broad SMARTS) is 1. The molecule has 1 fully saturated rings. The topological polar surface area (TPSA) is 83.9 Å². The number of rotatable bonds is 4. The molecule has 1 heterocycles. The van der Waals surface area contributed by atoms with Crippen LogP contribution in [-0.2, 0) is 9.59 Å². The van der Waals surface area contributed by atoms with E-state index in [0.717, 1.165) is 11.8 Å². The number of carbonyl (C=O) groups excluding carboxylic acids is 2. The molecular formula is C14H15NO5S. The number of benzene rings is 1. The standard InChI is InChI=1S/C14H15NO5S/c1-8(16)21-10-6-13(17)15(7-10)12-4-3-9(20-2)5-11(12)14(18)19/h3-5,10H,6-7H2,1-2H3,(H,18,19). The Morgan fingerprint density at radius 3 is 2.71 bits per heavy atom. The highest BCUT2D eigenvalue weighted by Crippen LogP contribution is 2.32. The predicted octanol–water partition coefficient (Wildman–Crippen LogP) is 1.78. The van der Waals surface area contributed by atoms with E-state index in [4.69, 9.17) is 4.74 Å². The molecule has 1 N–H and O–H groups in total. The molecule has 0 radical (unpaired) electrons. The molecule has 1 unspecified atom stereocenters. The Balaban J connectivity index is 2.31. The van der Waals surface area contributed by atoms with E-state index in [1.165, 1.54) is 25.0 Å². The number of thioether (sulfide) groups is 1. The third-order valence-electron chi connectivity index (χ3n) is 3.15. The summed E-state index contributed by atoms with van der Waals surface area (Å²) in [6.45, 7) is 1.78. The van der Waals surface area contributed by atoms with Crippen molar-refractivity contribution in [2.24, 2.45) is 0 Å². The van der Waals surface area contributed by atoms with Crippen molar-refractivity contribution in [1.82, 2.24) is 0 Å². The van der Waals surface area contributed by atoms with Crippen molar-refractivity contribution in [3.05, 3.63) is 23.8 Å². The molecule has 1 aromatic rings. The van der Waals surface area contributed by atoms with Crippen LogP contribution >= 0.6 is 11.8 Å². The van der Waals surface area contributed by atoms with E-state index in [9.17, 15) is 19.5 Å². The van der Waals surface area contributed by atoms with Crippen molar-refractivity contribution < 1.29 is 24.2 Å². The van der Waals surface area contributed by atoms with Gasteiger partial charge in [0.05, 0.1) is 18.4 Å². The molecule has 1 aromatic carbocycles.